The van der Waals surface area contributed by atoms with Gasteiger partial charge in [0.2, 0.25) is 0 Å². The Labute approximate surface area is 185 Å². The van der Waals surface area contributed by atoms with Crippen molar-refractivity contribution in [2.75, 3.05) is 6.54 Å². The van der Waals surface area contributed by atoms with Crippen LogP contribution in [-0.2, 0) is 19.9 Å². The molecule has 1 spiro atoms. The van der Waals surface area contributed by atoms with Crippen LogP contribution in [0.2, 0.25) is 0 Å². The predicted octanol–water partition coefficient (Wildman–Crippen LogP) is 1.29. The highest BCUT2D eigenvalue weighted by molar-refractivity contribution is 6.10. The summed E-state index contributed by atoms with van der Waals surface area (Å²) in [7, 11) is 0. The molecule has 3 N–H and O–H groups in total. The van der Waals surface area contributed by atoms with Gasteiger partial charge in [0, 0.05) is 0 Å². The summed E-state index contributed by atoms with van der Waals surface area (Å²) in [6.45, 7) is 4.95. The van der Waals surface area contributed by atoms with Crippen LogP contribution in [0.1, 0.15) is 50.7 Å². The van der Waals surface area contributed by atoms with Gasteiger partial charge >= 0.3 is 12.1 Å². The maximum absolute atomic E-state index is 13.0. The van der Waals surface area contributed by atoms with E-state index in [0.717, 1.165) is 23.3 Å². The maximum Gasteiger partial charge on any atom is 0.344 e. The smallest absolute Gasteiger partial charge is 0.322 e. The number of urea groups is 2. The summed E-state index contributed by atoms with van der Waals surface area (Å²) in [5.41, 5.74) is 1.55. The molecule has 4 rings (SSSR count). The molecule has 1 unspecified atom stereocenters. The van der Waals surface area contributed by atoms with Crippen molar-refractivity contribution in [3.63, 3.8) is 0 Å². The summed E-state index contributed by atoms with van der Waals surface area (Å²) < 4.78 is 0. The number of amides is 7. The summed E-state index contributed by atoms with van der Waals surface area (Å²) in [5, 5.41) is 6.00. The molecule has 3 aliphatic rings. The molecule has 10 nitrogen and oxygen atoms in total. The molecule has 7 amide bonds. The molecule has 1 aliphatic carbocycles. The monoisotopic (exact) mass is 441 g/mol. The number of hydrogen-bond donors (Lipinski definition) is 3. The van der Waals surface area contributed by atoms with E-state index in [1.54, 1.807) is 19.1 Å². The minimum Gasteiger partial charge on any atom is -0.322 e. The van der Waals surface area contributed by atoms with Gasteiger partial charge in [0.25, 0.3) is 17.7 Å². The molecule has 1 atom stereocenters. The molecular weight excluding hydrogens is 414 g/mol. The molecule has 1 aromatic rings. The first-order valence-electron chi connectivity index (χ1n) is 10.7. The highest BCUT2D eigenvalue weighted by Gasteiger charge is 2.54. The number of imide groups is 2. The molecule has 2 heterocycles. The number of carbonyl (C=O) groups excluding carboxylic acids is 5. The van der Waals surface area contributed by atoms with E-state index in [9.17, 15) is 24.0 Å². The van der Waals surface area contributed by atoms with Crippen molar-refractivity contribution in [2.45, 2.75) is 57.5 Å². The van der Waals surface area contributed by atoms with Gasteiger partial charge in [0.05, 0.1) is 0 Å². The second-order valence-corrected chi connectivity index (χ2v) is 9.18. The van der Waals surface area contributed by atoms with Crippen molar-refractivity contribution in [3.8, 4) is 0 Å². The number of rotatable bonds is 4. The molecule has 2 aliphatic heterocycles. The Kier molecular flexibility index (Phi) is 5.18. The van der Waals surface area contributed by atoms with E-state index in [4.69, 9.17) is 0 Å². The van der Waals surface area contributed by atoms with Crippen LogP contribution >= 0.6 is 0 Å². The first kappa shape index (κ1) is 21.8. The van der Waals surface area contributed by atoms with E-state index in [2.05, 4.69) is 23.0 Å². The van der Waals surface area contributed by atoms with Crippen LogP contribution in [0.5, 0.6) is 0 Å². The zero-order chi connectivity index (χ0) is 23.3. The topological polar surface area (TPSA) is 128 Å². The summed E-state index contributed by atoms with van der Waals surface area (Å²) in [6.07, 6.45) is 2.61. The molecule has 0 bridgehead atoms. The van der Waals surface area contributed by atoms with Gasteiger partial charge in [-0.1, -0.05) is 36.8 Å². The van der Waals surface area contributed by atoms with E-state index in [1.807, 2.05) is 19.1 Å². The van der Waals surface area contributed by atoms with Crippen molar-refractivity contribution < 1.29 is 24.0 Å². The first-order chi connectivity index (χ1) is 15.1. The van der Waals surface area contributed by atoms with Crippen molar-refractivity contribution in [2.24, 2.45) is 5.92 Å². The number of carbonyl (C=O) groups is 5. The Hall–Kier alpha value is -3.43. The van der Waals surface area contributed by atoms with Gasteiger partial charge in [-0.3, -0.25) is 24.7 Å². The molecule has 32 heavy (non-hydrogen) atoms. The van der Waals surface area contributed by atoms with Crippen molar-refractivity contribution in [3.05, 3.63) is 35.4 Å². The number of aryl methyl sites for hydroxylation is 1. The van der Waals surface area contributed by atoms with E-state index < -0.39 is 47.4 Å². The third-order valence-electron chi connectivity index (χ3n) is 6.73. The lowest BCUT2D eigenvalue weighted by molar-refractivity contribution is -0.141. The van der Waals surface area contributed by atoms with Crippen LogP contribution in [-0.4, -0.2) is 51.8 Å². The third-order valence-corrected chi connectivity index (χ3v) is 6.73. The number of benzene rings is 1. The largest absolute Gasteiger partial charge is 0.344 e. The third kappa shape index (κ3) is 3.49. The molecule has 170 valence electrons. The summed E-state index contributed by atoms with van der Waals surface area (Å²) in [5.74, 6) is -1.44. The van der Waals surface area contributed by atoms with E-state index in [0.29, 0.717) is 29.3 Å². The average molecular weight is 441 g/mol. The lowest BCUT2D eigenvalue weighted by Gasteiger charge is -2.33. The molecule has 10 heteroatoms. The number of nitrogens with zero attached hydrogens (tertiary/aromatic N) is 2. The Bertz CT molecular complexity index is 998. The standard InChI is InChI=1S/C22H27N5O5/c1-13-4-6-15(7-5-13)21(3)17(29)26(19(31)23-21)12-16(28)25-27-18(30)22(24-20(27)32)10-8-14(2)9-11-22/h4-7,14H,8-12H2,1-3H3,(H,23,31)(H,24,32)(H,25,28). The van der Waals surface area contributed by atoms with Crippen LogP contribution < -0.4 is 16.1 Å². The maximum atomic E-state index is 13.0. The van der Waals surface area contributed by atoms with Gasteiger partial charge in [-0.25, -0.2) is 9.59 Å². The Morgan fingerprint density at radius 3 is 2.28 bits per heavy atom. The van der Waals surface area contributed by atoms with Gasteiger partial charge in [-0.15, -0.1) is 0 Å². The fraction of sp³-hybridized carbons (Fsp3) is 0.500. The fourth-order valence-corrected chi connectivity index (χ4v) is 4.54. The summed E-state index contributed by atoms with van der Waals surface area (Å²) in [6, 6.07) is 5.72. The Morgan fingerprint density at radius 1 is 1.03 bits per heavy atom. The Morgan fingerprint density at radius 2 is 1.66 bits per heavy atom. The second-order valence-electron chi connectivity index (χ2n) is 9.18. The number of hydrazine groups is 1. The molecular formula is C22H27N5O5. The molecule has 0 aromatic heterocycles. The minimum absolute atomic E-state index is 0.469. The van der Waals surface area contributed by atoms with Crippen LogP contribution in [0.25, 0.3) is 0 Å². The minimum atomic E-state index is -1.31. The highest BCUT2D eigenvalue weighted by Crippen LogP contribution is 2.36. The van der Waals surface area contributed by atoms with Gasteiger partial charge in [0.1, 0.15) is 17.6 Å². The lowest BCUT2D eigenvalue weighted by Crippen LogP contribution is -2.53. The Balaban J connectivity index is 1.43. The van der Waals surface area contributed by atoms with E-state index in [-0.39, 0.29) is 0 Å². The van der Waals surface area contributed by atoms with Gasteiger partial charge < -0.3 is 10.6 Å². The SMILES string of the molecule is Cc1ccc(C2(C)NC(=O)N(CC(=O)NN3C(=O)NC4(CCC(C)CC4)C3=O)C2=O)cc1. The molecule has 2 saturated heterocycles. The second kappa shape index (κ2) is 7.61. The van der Waals surface area contributed by atoms with Gasteiger partial charge in [-0.05, 0) is 51.0 Å². The van der Waals surface area contributed by atoms with Crippen LogP contribution in [0.15, 0.2) is 24.3 Å². The zero-order valence-electron chi connectivity index (χ0n) is 18.4. The predicted molar refractivity (Wildman–Crippen MR) is 113 cm³/mol. The summed E-state index contributed by atoms with van der Waals surface area (Å²) >= 11 is 0. The lowest BCUT2D eigenvalue weighted by atomic mass is 9.77. The molecule has 3 fully saturated rings. The van der Waals surface area contributed by atoms with Gasteiger partial charge in [-0.2, -0.15) is 5.01 Å². The molecule has 1 saturated carbocycles. The van der Waals surface area contributed by atoms with Gasteiger partial charge in [0.15, 0.2) is 0 Å². The quantitative estimate of drug-likeness (QED) is 0.607. The van der Waals surface area contributed by atoms with Crippen molar-refractivity contribution in [1.82, 2.24) is 26.0 Å². The van der Waals surface area contributed by atoms with Crippen LogP contribution in [0.3, 0.4) is 0 Å². The first-order valence-corrected chi connectivity index (χ1v) is 10.7. The van der Waals surface area contributed by atoms with E-state index in [1.165, 1.54) is 0 Å². The number of nitrogens with one attached hydrogen (secondary N) is 3. The molecule has 1 aromatic carbocycles. The fourth-order valence-electron chi connectivity index (χ4n) is 4.54. The normalized spacial score (nSPS) is 30.0. The highest BCUT2D eigenvalue weighted by atomic mass is 16.2. The zero-order valence-corrected chi connectivity index (χ0v) is 18.4. The van der Waals surface area contributed by atoms with Crippen molar-refractivity contribution >= 4 is 29.8 Å². The van der Waals surface area contributed by atoms with Crippen molar-refractivity contribution in [1.29, 1.82) is 0 Å². The summed E-state index contributed by atoms with van der Waals surface area (Å²) in [4.78, 5) is 64.1. The van der Waals surface area contributed by atoms with Crippen LogP contribution in [0.4, 0.5) is 9.59 Å². The average Bonchev–Trinajstić information content (AvgIpc) is 3.10. The number of hydrogen-bond acceptors (Lipinski definition) is 5. The van der Waals surface area contributed by atoms with Crippen LogP contribution in [0, 0.1) is 12.8 Å². The van der Waals surface area contributed by atoms with E-state index >= 15 is 0 Å². The molecule has 0 radical (unpaired) electrons.